The zero-order valence-corrected chi connectivity index (χ0v) is 8.71. The summed E-state index contributed by atoms with van der Waals surface area (Å²) >= 11 is 0. The van der Waals surface area contributed by atoms with Crippen molar-refractivity contribution in [1.29, 1.82) is 0 Å². The van der Waals surface area contributed by atoms with E-state index in [0.717, 1.165) is 5.57 Å². The molecule has 0 bridgehead atoms. The van der Waals surface area contributed by atoms with Gasteiger partial charge in [-0.2, -0.15) is 0 Å². The molecule has 0 unspecified atom stereocenters. The Hall–Kier alpha value is -1.37. The van der Waals surface area contributed by atoms with E-state index in [-0.39, 0.29) is 5.78 Å². The van der Waals surface area contributed by atoms with E-state index in [1.54, 1.807) is 24.3 Å². The highest BCUT2D eigenvalue weighted by Gasteiger charge is 1.83. The quantitative estimate of drug-likeness (QED) is 0.476. The Morgan fingerprint density at radius 2 is 1.69 bits per heavy atom. The van der Waals surface area contributed by atoms with Crippen molar-refractivity contribution in [3.8, 4) is 0 Å². The van der Waals surface area contributed by atoms with E-state index in [4.69, 9.17) is 0 Å². The van der Waals surface area contributed by atoms with Crippen molar-refractivity contribution in [3.05, 3.63) is 49.1 Å². The van der Waals surface area contributed by atoms with E-state index >= 15 is 0 Å². The molecule has 0 aromatic rings. The first-order valence-corrected chi connectivity index (χ1v) is 4.34. The van der Waals surface area contributed by atoms with Gasteiger partial charge < -0.3 is 0 Å². The van der Waals surface area contributed by atoms with E-state index in [1.807, 2.05) is 13.8 Å². The van der Waals surface area contributed by atoms with Crippen molar-refractivity contribution in [2.75, 3.05) is 0 Å². The van der Waals surface area contributed by atoms with Gasteiger partial charge in [-0.15, -0.1) is 0 Å². The first kappa shape index (κ1) is 14.2. The molecular formula is C12H18O. The number of ketones is 1. The molecule has 0 atom stereocenters. The van der Waals surface area contributed by atoms with Crippen LogP contribution in [0.25, 0.3) is 0 Å². The summed E-state index contributed by atoms with van der Waals surface area (Å²) in [7, 11) is 0. The van der Waals surface area contributed by atoms with Gasteiger partial charge in [-0.05, 0) is 18.6 Å². The summed E-state index contributed by atoms with van der Waals surface area (Å²) in [5.41, 5.74) is 0.884. The summed E-state index contributed by atoms with van der Waals surface area (Å²) in [5, 5.41) is 0. The molecule has 72 valence electrons. The first-order chi connectivity index (χ1) is 6.20. The highest BCUT2D eigenvalue weighted by atomic mass is 16.1. The number of hydrogen-bond acceptors (Lipinski definition) is 1. The molecule has 0 aromatic heterocycles. The summed E-state index contributed by atoms with van der Waals surface area (Å²) in [4.78, 5) is 10.5. The fraction of sp³-hybridized carbons (Fsp3) is 0.250. The van der Waals surface area contributed by atoms with Crippen LogP contribution in [-0.2, 0) is 4.79 Å². The predicted octanol–water partition coefficient (Wildman–Crippen LogP) is 3.46. The zero-order valence-electron chi connectivity index (χ0n) is 8.71. The summed E-state index contributed by atoms with van der Waals surface area (Å²) in [6.07, 6.45) is 8.31. The second-order valence-electron chi connectivity index (χ2n) is 2.05. The van der Waals surface area contributed by atoms with Gasteiger partial charge >= 0.3 is 0 Å². The van der Waals surface area contributed by atoms with Crippen molar-refractivity contribution in [2.24, 2.45) is 0 Å². The van der Waals surface area contributed by atoms with Crippen LogP contribution in [-0.4, -0.2) is 5.78 Å². The van der Waals surface area contributed by atoms with Gasteiger partial charge in [0.05, 0.1) is 0 Å². The molecule has 1 nitrogen and oxygen atoms in total. The molecule has 0 saturated heterocycles. The van der Waals surface area contributed by atoms with Crippen LogP contribution >= 0.6 is 0 Å². The molecule has 0 aromatic carbocycles. The zero-order chi connectivity index (χ0) is 10.7. The molecule has 0 spiro atoms. The Bertz CT molecular complexity index is 219. The fourth-order valence-corrected chi connectivity index (χ4v) is 0.541. The van der Waals surface area contributed by atoms with Gasteiger partial charge in [0.2, 0.25) is 0 Å². The highest BCUT2D eigenvalue weighted by Crippen LogP contribution is 1.97. The fourth-order valence-electron chi connectivity index (χ4n) is 0.541. The van der Waals surface area contributed by atoms with E-state index in [1.165, 1.54) is 13.0 Å². The van der Waals surface area contributed by atoms with Gasteiger partial charge in [0.15, 0.2) is 5.78 Å². The number of allylic oxidation sites excluding steroid dienone is 6. The molecule has 0 amide bonds. The Morgan fingerprint density at radius 3 is 2.00 bits per heavy atom. The largest absolute Gasteiger partial charge is 0.295 e. The summed E-state index contributed by atoms with van der Waals surface area (Å²) in [6.45, 7) is 12.6. The maximum Gasteiger partial charge on any atom is 0.152 e. The lowest BCUT2D eigenvalue weighted by molar-refractivity contribution is -0.112. The van der Waals surface area contributed by atoms with Gasteiger partial charge in [-0.3, -0.25) is 4.79 Å². The van der Waals surface area contributed by atoms with Crippen LogP contribution in [0, 0.1) is 0 Å². The number of carbonyl (C=O) groups excluding carboxylic acids is 1. The molecule has 0 N–H and O–H groups in total. The lowest BCUT2D eigenvalue weighted by atomic mass is 10.2. The third-order valence-corrected chi connectivity index (χ3v) is 1.06. The molecule has 0 saturated carbocycles. The summed E-state index contributed by atoms with van der Waals surface area (Å²) < 4.78 is 0. The molecule has 0 aliphatic rings. The van der Waals surface area contributed by atoms with Gasteiger partial charge in [-0.1, -0.05) is 51.3 Å². The number of carbonyl (C=O) groups is 1. The van der Waals surface area contributed by atoms with Gasteiger partial charge in [0.25, 0.3) is 0 Å². The third kappa shape index (κ3) is 10.6. The maximum atomic E-state index is 10.5. The van der Waals surface area contributed by atoms with Crippen LogP contribution < -0.4 is 0 Å². The minimum atomic E-state index is 0.0295. The topological polar surface area (TPSA) is 17.1 Å². The monoisotopic (exact) mass is 178 g/mol. The molecular weight excluding hydrogens is 160 g/mol. The van der Waals surface area contributed by atoms with Crippen molar-refractivity contribution in [1.82, 2.24) is 0 Å². The minimum absolute atomic E-state index is 0.0295. The van der Waals surface area contributed by atoms with Crippen LogP contribution in [0.4, 0.5) is 0 Å². The second-order valence-corrected chi connectivity index (χ2v) is 2.05. The van der Waals surface area contributed by atoms with Crippen LogP contribution in [0.3, 0.4) is 0 Å². The normalized spacial score (nSPS) is 10.2. The molecule has 1 heteroatoms. The Kier molecular flexibility index (Phi) is 11.6. The van der Waals surface area contributed by atoms with Crippen molar-refractivity contribution < 1.29 is 4.79 Å². The molecule has 0 heterocycles. The third-order valence-electron chi connectivity index (χ3n) is 1.06. The molecule has 0 radical (unpaired) electrons. The van der Waals surface area contributed by atoms with E-state index in [2.05, 4.69) is 13.2 Å². The van der Waals surface area contributed by atoms with E-state index < -0.39 is 0 Å². The average molecular weight is 178 g/mol. The van der Waals surface area contributed by atoms with Crippen LogP contribution in [0.2, 0.25) is 0 Å². The average Bonchev–Trinajstić information content (AvgIpc) is 2.15. The van der Waals surface area contributed by atoms with Crippen molar-refractivity contribution in [2.45, 2.75) is 20.8 Å². The number of hydrogen-bond donors (Lipinski definition) is 0. The second kappa shape index (κ2) is 10.6. The first-order valence-electron chi connectivity index (χ1n) is 4.34. The smallest absolute Gasteiger partial charge is 0.152 e. The molecule has 0 aliphatic heterocycles. The molecule has 0 aliphatic carbocycles. The van der Waals surface area contributed by atoms with Gasteiger partial charge in [0, 0.05) is 0 Å². The van der Waals surface area contributed by atoms with E-state index in [9.17, 15) is 4.79 Å². The standard InChI is InChI=1S/C10H12O.C2H6/c1-4-6-10(5-2)8-7-9(3)11;1-2/h4-8H,1-2H2,3H3;1-2H3/b8-7+,10-6+;. The molecule has 0 rings (SSSR count). The summed E-state index contributed by atoms with van der Waals surface area (Å²) in [6, 6.07) is 0. The van der Waals surface area contributed by atoms with E-state index in [0.29, 0.717) is 0 Å². The van der Waals surface area contributed by atoms with Crippen LogP contribution in [0.15, 0.2) is 49.1 Å². The maximum absolute atomic E-state index is 10.5. The van der Waals surface area contributed by atoms with Crippen molar-refractivity contribution in [3.63, 3.8) is 0 Å². The summed E-state index contributed by atoms with van der Waals surface area (Å²) in [5.74, 6) is 0.0295. The Labute approximate surface area is 81.2 Å². The lowest BCUT2D eigenvalue weighted by Crippen LogP contribution is -1.80. The van der Waals surface area contributed by atoms with Gasteiger partial charge in [0.1, 0.15) is 0 Å². The Morgan fingerprint density at radius 1 is 1.15 bits per heavy atom. The van der Waals surface area contributed by atoms with Gasteiger partial charge in [-0.25, -0.2) is 0 Å². The SMILES string of the molecule is C=C/C=C(C=C)/C=C/C(C)=O.CC. The lowest BCUT2D eigenvalue weighted by Gasteiger charge is -1.87. The van der Waals surface area contributed by atoms with Crippen LogP contribution in [0.1, 0.15) is 20.8 Å². The Balaban J connectivity index is 0. The molecule has 13 heavy (non-hydrogen) atoms. The highest BCUT2D eigenvalue weighted by molar-refractivity contribution is 5.87. The minimum Gasteiger partial charge on any atom is -0.295 e. The number of rotatable bonds is 4. The predicted molar refractivity (Wildman–Crippen MR) is 59.6 cm³/mol. The van der Waals surface area contributed by atoms with Crippen LogP contribution in [0.5, 0.6) is 0 Å². The van der Waals surface area contributed by atoms with Crippen molar-refractivity contribution >= 4 is 5.78 Å². The molecule has 0 fully saturated rings.